The molecule has 0 aliphatic carbocycles. The maximum absolute atomic E-state index is 12.0. The maximum Gasteiger partial charge on any atom is 0.320 e. The second-order valence-electron chi connectivity index (χ2n) is 6.77. The lowest BCUT2D eigenvalue weighted by Gasteiger charge is -2.22. The van der Waals surface area contributed by atoms with E-state index in [2.05, 4.69) is 6.07 Å². The Morgan fingerprint density at radius 3 is 2.30 bits per heavy atom. The van der Waals surface area contributed by atoms with E-state index < -0.39 is 23.5 Å². The van der Waals surface area contributed by atoms with Gasteiger partial charge in [-0.05, 0) is 64.3 Å². The van der Waals surface area contributed by atoms with E-state index in [-0.39, 0.29) is 13.0 Å². The third-order valence-electron chi connectivity index (χ3n) is 3.42. The number of benzene rings is 1. The number of aryl methyl sites for hydroxylation is 2. The molecule has 1 aromatic rings. The predicted molar refractivity (Wildman–Crippen MR) is 87.7 cm³/mol. The number of carboxylic acids is 1. The number of carbonyl (C=O) groups is 2. The minimum atomic E-state index is -1.22. The summed E-state index contributed by atoms with van der Waals surface area (Å²) in [5.74, 6) is -2.43. The van der Waals surface area contributed by atoms with E-state index in [1.165, 1.54) is 0 Å². The summed E-state index contributed by atoms with van der Waals surface area (Å²) in [7, 11) is 0. The van der Waals surface area contributed by atoms with Crippen molar-refractivity contribution in [2.75, 3.05) is 6.61 Å². The summed E-state index contributed by atoms with van der Waals surface area (Å²) in [6.45, 7) is 11.2. The average molecular weight is 322 g/mol. The molecule has 5 heteroatoms. The Morgan fingerprint density at radius 2 is 1.78 bits per heavy atom. The molecule has 0 aliphatic rings. The molecule has 0 radical (unpaired) electrons. The Bertz CT molecular complexity index is 584. The Morgan fingerprint density at radius 1 is 1.17 bits per heavy atom. The van der Waals surface area contributed by atoms with E-state index in [9.17, 15) is 14.7 Å². The van der Waals surface area contributed by atoms with Gasteiger partial charge in [-0.25, -0.2) is 0 Å². The lowest BCUT2D eigenvalue weighted by Crippen LogP contribution is -2.33. The summed E-state index contributed by atoms with van der Waals surface area (Å²) in [5.41, 5.74) is 2.49. The number of hydrogen-bond acceptors (Lipinski definition) is 4. The number of aliphatic carboxylic acids is 1. The molecule has 0 spiro atoms. The second-order valence-corrected chi connectivity index (χ2v) is 6.77. The highest BCUT2D eigenvalue weighted by atomic mass is 16.6. The molecule has 0 bridgehead atoms. The summed E-state index contributed by atoms with van der Waals surface area (Å²) in [4.78, 5) is 23.2. The normalized spacial score (nSPS) is 12.6. The van der Waals surface area contributed by atoms with E-state index in [4.69, 9.17) is 9.47 Å². The Hall–Kier alpha value is -2.04. The lowest BCUT2D eigenvalue weighted by molar-refractivity contribution is -0.167. The molecule has 23 heavy (non-hydrogen) atoms. The molecule has 0 amide bonds. The van der Waals surface area contributed by atoms with Gasteiger partial charge in [-0.2, -0.15) is 0 Å². The monoisotopic (exact) mass is 322 g/mol. The van der Waals surface area contributed by atoms with E-state index >= 15 is 0 Å². The van der Waals surface area contributed by atoms with Crippen LogP contribution in [0.4, 0.5) is 0 Å². The highest BCUT2D eigenvalue weighted by Gasteiger charge is 2.31. The zero-order valence-corrected chi connectivity index (χ0v) is 14.7. The molecule has 5 nitrogen and oxygen atoms in total. The van der Waals surface area contributed by atoms with Crippen LogP contribution < -0.4 is 4.74 Å². The third kappa shape index (κ3) is 5.93. The molecule has 0 heterocycles. The van der Waals surface area contributed by atoms with Crippen molar-refractivity contribution in [1.82, 2.24) is 0 Å². The van der Waals surface area contributed by atoms with Gasteiger partial charge in [-0.3, -0.25) is 9.59 Å². The van der Waals surface area contributed by atoms with Gasteiger partial charge in [0.15, 0.2) is 5.92 Å². The van der Waals surface area contributed by atoms with E-state index in [1.54, 1.807) is 20.8 Å². The first-order chi connectivity index (χ1) is 10.5. The zero-order chi connectivity index (χ0) is 17.8. The number of carboxylic acid groups (broad SMARTS) is 1. The maximum atomic E-state index is 12.0. The van der Waals surface area contributed by atoms with Gasteiger partial charge in [-0.15, -0.1) is 0 Å². The van der Waals surface area contributed by atoms with Crippen molar-refractivity contribution in [1.29, 1.82) is 0 Å². The van der Waals surface area contributed by atoms with Crippen molar-refractivity contribution in [3.63, 3.8) is 0 Å². The number of ether oxygens (including phenoxy) is 2. The first kappa shape index (κ1) is 19.0. The molecule has 0 aromatic heterocycles. The summed E-state index contributed by atoms with van der Waals surface area (Å²) in [6.07, 6.45) is 0.0661. The molecule has 1 rings (SSSR count). The van der Waals surface area contributed by atoms with Gasteiger partial charge >= 0.3 is 11.9 Å². The number of carbonyl (C=O) groups excluding carboxylic acids is 1. The molecule has 1 unspecified atom stereocenters. The van der Waals surface area contributed by atoms with Gasteiger partial charge < -0.3 is 14.6 Å². The minimum absolute atomic E-state index is 0.0661. The smallest absolute Gasteiger partial charge is 0.320 e. The molecular weight excluding hydrogens is 296 g/mol. The van der Waals surface area contributed by atoms with Crippen LogP contribution in [0.1, 0.15) is 43.9 Å². The molecule has 0 aliphatic heterocycles. The average Bonchev–Trinajstić information content (AvgIpc) is 2.37. The minimum Gasteiger partial charge on any atom is -0.493 e. The predicted octanol–water partition coefficient (Wildman–Crippen LogP) is 3.42. The second kappa shape index (κ2) is 7.49. The van der Waals surface area contributed by atoms with Gasteiger partial charge in [0.25, 0.3) is 0 Å². The SMILES string of the molecule is Cc1cc(C)c(C)c(OCCC(C(=O)O)C(=O)OC(C)(C)C)c1. The molecule has 0 saturated heterocycles. The van der Waals surface area contributed by atoms with E-state index in [0.29, 0.717) is 0 Å². The fourth-order valence-electron chi connectivity index (χ4n) is 2.15. The van der Waals surface area contributed by atoms with Crippen LogP contribution in [0.25, 0.3) is 0 Å². The van der Waals surface area contributed by atoms with E-state index in [1.807, 2.05) is 26.8 Å². The third-order valence-corrected chi connectivity index (χ3v) is 3.42. The van der Waals surface area contributed by atoms with Gasteiger partial charge in [-0.1, -0.05) is 6.07 Å². The van der Waals surface area contributed by atoms with Crippen LogP contribution in [0.2, 0.25) is 0 Å². The molecule has 1 atom stereocenters. The summed E-state index contributed by atoms with van der Waals surface area (Å²) >= 11 is 0. The number of esters is 1. The molecule has 0 fully saturated rings. The Kier molecular flexibility index (Phi) is 6.19. The summed E-state index contributed by atoms with van der Waals surface area (Å²) in [6, 6.07) is 3.97. The zero-order valence-electron chi connectivity index (χ0n) is 14.7. The largest absolute Gasteiger partial charge is 0.493 e. The van der Waals surface area contributed by atoms with Crippen LogP contribution in [0, 0.1) is 26.7 Å². The van der Waals surface area contributed by atoms with Crippen LogP contribution >= 0.6 is 0 Å². The first-order valence-electron chi connectivity index (χ1n) is 7.67. The highest BCUT2D eigenvalue weighted by molar-refractivity contribution is 5.94. The van der Waals surface area contributed by atoms with Crippen molar-refractivity contribution >= 4 is 11.9 Å². The summed E-state index contributed by atoms with van der Waals surface area (Å²) in [5, 5.41) is 9.22. The molecule has 128 valence electrons. The van der Waals surface area contributed by atoms with Gasteiger partial charge in [0.05, 0.1) is 6.61 Å². The van der Waals surface area contributed by atoms with Crippen molar-refractivity contribution in [2.24, 2.45) is 5.92 Å². The molecule has 1 N–H and O–H groups in total. The number of rotatable bonds is 6. The van der Waals surface area contributed by atoms with Gasteiger partial charge in [0.1, 0.15) is 11.4 Å². The lowest BCUT2D eigenvalue weighted by atomic mass is 10.0. The highest BCUT2D eigenvalue weighted by Crippen LogP contribution is 2.24. The quantitative estimate of drug-likeness (QED) is 0.642. The fraction of sp³-hybridized carbons (Fsp3) is 0.556. The standard InChI is InChI=1S/C18H26O5/c1-11-9-12(2)13(3)15(10-11)22-8-7-14(16(19)20)17(21)23-18(4,5)6/h9-10,14H,7-8H2,1-6H3,(H,19,20). The number of hydrogen-bond donors (Lipinski definition) is 1. The fourth-order valence-corrected chi connectivity index (χ4v) is 2.15. The van der Waals surface area contributed by atoms with Crippen molar-refractivity contribution in [2.45, 2.75) is 53.6 Å². The molecule has 1 aromatic carbocycles. The van der Waals surface area contributed by atoms with Crippen LogP contribution in [0.3, 0.4) is 0 Å². The first-order valence-corrected chi connectivity index (χ1v) is 7.67. The Balaban J connectivity index is 2.71. The van der Waals surface area contributed by atoms with Crippen LogP contribution in [0.5, 0.6) is 5.75 Å². The van der Waals surface area contributed by atoms with Crippen molar-refractivity contribution in [3.05, 3.63) is 28.8 Å². The van der Waals surface area contributed by atoms with Crippen LogP contribution in [0.15, 0.2) is 12.1 Å². The van der Waals surface area contributed by atoms with Crippen LogP contribution in [-0.2, 0) is 14.3 Å². The molecule has 0 saturated carbocycles. The topological polar surface area (TPSA) is 72.8 Å². The molecular formula is C18H26O5. The van der Waals surface area contributed by atoms with Crippen molar-refractivity contribution < 1.29 is 24.2 Å². The van der Waals surface area contributed by atoms with E-state index in [0.717, 1.165) is 22.4 Å². The van der Waals surface area contributed by atoms with Crippen LogP contribution in [-0.4, -0.2) is 29.3 Å². The van der Waals surface area contributed by atoms with Crippen molar-refractivity contribution in [3.8, 4) is 5.75 Å². The summed E-state index contributed by atoms with van der Waals surface area (Å²) < 4.78 is 10.8. The Labute approximate surface area is 137 Å². The van der Waals surface area contributed by atoms with Gasteiger partial charge in [0, 0.05) is 6.42 Å². The van der Waals surface area contributed by atoms with Gasteiger partial charge in [0.2, 0.25) is 0 Å².